The van der Waals surface area contributed by atoms with Crippen molar-refractivity contribution < 1.29 is 39.4 Å². The van der Waals surface area contributed by atoms with Gasteiger partial charge in [-0.1, -0.05) is 0 Å². The van der Waals surface area contributed by atoms with Gasteiger partial charge in [0.15, 0.2) is 6.23 Å². The predicted octanol–water partition coefficient (Wildman–Crippen LogP) is 1.63. The number of amides is 1. The highest BCUT2D eigenvalue weighted by Gasteiger charge is 2.65. The maximum absolute atomic E-state index is 12.7. The van der Waals surface area contributed by atoms with E-state index in [0.717, 1.165) is 42.1 Å². The minimum Gasteiger partial charge on any atom is -0.446 e. The summed E-state index contributed by atoms with van der Waals surface area (Å²) in [6, 6.07) is 1.38. The third-order valence-corrected chi connectivity index (χ3v) is 10.4. The smallest absolute Gasteiger partial charge is 0.413 e. The number of nitrogens with zero attached hydrogens (tertiary/aromatic N) is 2. The quantitative estimate of drug-likeness (QED) is 0.408. The number of aliphatic hydroxyl groups excluding tert-OH is 3. The molecule has 2 spiro atoms. The molecule has 1 aromatic heterocycles. The van der Waals surface area contributed by atoms with E-state index in [-0.39, 0.29) is 17.5 Å². The Morgan fingerprint density at radius 3 is 2.54 bits per heavy atom. The molecule has 2 saturated heterocycles. The Hall–Kier alpha value is -2.09. The molecule has 2 aliphatic heterocycles. The van der Waals surface area contributed by atoms with E-state index in [1.165, 1.54) is 44.4 Å². The normalized spacial score (nSPS) is 46.3. The number of aliphatic hydroxyl groups is 3. The average molecular weight is 548 g/mol. The molecule has 7 aliphatic rings. The molecule has 6 atom stereocenters. The minimum atomic E-state index is -1.41. The van der Waals surface area contributed by atoms with Gasteiger partial charge in [-0.05, 0) is 81.1 Å². The van der Waals surface area contributed by atoms with Gasteiger partial charge in [0, 0.05) is 19.0 Å². The van der Waals surface area contributed by atoms with Crippen LogP contribution in [0.3, 0.4) is 0 Å². The first-order valence-electron chi connectivity index (χ1n) is 14.3. The zero-order chi connectivity index (χ0) is 26.9. The van der Waals surface area contributed by atoms with Gasteiger partial charge < -0.3 is 24.8 Å². The molecule has 7 fully saturated rings. The monoisotopic (exact) mass is 547 g/mol. The Kier molecular flexibility index (Phi) is 6.29. The van der Waals surface area contributed by atoms with Gasteiger partial charge in [-0.3, -0.25) is 9.88 Å². The fourth-order valence-corrected chi connectivity index (χ4v) is 8.81. The van der Waals surface area contributed by atoms with E-state index in [1.807, 2.05) is 0 Å². The van der Waals surface area contributed by atoms with Crippen molar-refractivity contribution in [2.75, 3.05) is 11.9 Å². The van der Waals surface area contributed by atoms with E-state index in [9.17, 15) is 24.9 Å². The van der Waals surface area contributed by atoms with Gasteiger partial charge in [-0.15, -0.1) is 0 Å². The number of carbonyl (C=O) groups excluding carboxylic acids is 1. The van der Waals surface area contributed by atoms with Crippen LogP contribution in [-0.4, -0.2) is 73.2 Å². The summed E-state index contributed by atoms with van der Waals surface area (Å²) < 4.78 is 12.1. The third-order valence-electron chi connectivity index (χ3n) is 10.4. The van der Waals surface area contributed by atoms with E-state index < -0.39 is 48.5 Å². The highest BCUT2D eigenvalue weighted by Crippen LogP contribution is 2.65. The van der Waals surface area contributed by atoms with E-state index in [4.69, 9.17) is 19.2 Å². The molecule has 5 saturated carbocycles. The summed E-state index contributed by atoms with van der Waals surface area (Å²) in [5, 5.41) is 31.9. The summed E-state index contributed by atoms with van der Waals surface area (Å²) in [7, 11) is 0. The SMILES string of the molecule is O=C(Nc1ccn([C@@H]2O[C@H](CO)[C@@H](O)[C@@H]2O)c(=O)n1)OC1CCC[C@@]2(C1)CC1(OO2)C2CC3CC(C2)CC1C3. The Labute approximate surface area is 225 Å². The zero-order valence-corrected chi connectivity index (χ0v) is 21.8. The van der Waals surface area contributed by atoms with Crippen LogP contribution in [0.1, 0.15) is 70.4 Å². The van der Waals surface area contributed by atoms with Crippen LogP contribution in [0.25, 0.3) is 0 Å². The predicted molar refractivity (Wildman–Crippen MR) is 133 cm³/mol. The van der Waals surface area contributed by atoms with Gasteiger partial charge >= 0.3 is 11.8 Å². The molecular weight excluding hydrogens is 510 g/mol. The lowest BCUT2D eigenvalue weighted by atomic mass is 9.48. The number of ether oxygens (including phenoxy) is 2. The van der Waals surface area contributed by atoms with Crippen LogP contribution in [-0.2, 0) is 19.2 Å². The second kappa shape index (κ2) is 9.49. The lowest BCUT2D eigenvalue weighted by Crippen LogP contribution is -2.58. The molecule has 3 heterocycles. The van der Waals surface area contributed by atoms with Crippen molar-refractivity contribution in [2.24, 2.45) is 23.7 Å². The molecule has 8 rings (SSSR count). The van der Waals surface area contributed by atoms with Crippen LogP contribution >= 0.6 is 0 Å². The molecule has 214 valence electrons. The zero-order valence-electron chi connectivity index (χ0n) is 21.8. The first-order valence-corrected chi connectivity index (χ1v) is 14.3. The van der Waals surface area contributed by atoms with Crippen LogP contribution in [0.15, 0.2) is 17.1 Å². The molecule has 1 amide bonds. The lowest BCUT2D eigenvalue weighted by molar-refractivity contribution is -0.386. The molecule has 12 nitrogen and oxygen atoms in total. The Morgan fingerprint density at radius 2 is 1.87 bits per heavy atom. The van der Waals surface area contributed by atoms with E-state index in [1.54, 1.807) is 0 Å². The molecular formula is C27H37N3O9. The second-order valence-corrected chi connectivity index (χ2v) is 12.8. The van der Waals surface area contributed by atoms with Gasteiger partial charge in [-0.2, -0.15) is 4.98 Å². The summed E-state index contributed by atoms with van der Waals surface area (Å²) in [5.74, 6) is 2.82. The van der Waals surface area contributed by atoms with E-state index in [0.29, 0.717) is 18.3 Å². The Bertz CT molecular complexity index is 1150. The van der Waals surface area contributed by atoms with Crippen molar-refractivity contribution in [3.8, 4) is 0 Å². The number of rotatable bonds is 4. The summed E-state index contributed by atoms with van der Waals surface area (Å²) in [4.78, 5) is 41.6. The number of carbonyl (C=O) groups is 1. The maximum atomic E-state index is 12.7. The summed E-state index contributed by atoms with van der Waals surface area (Å²) in [6.45, 7) is -0.509. The van der Waals surface area contributed by atoms with Crippen molar-refractivity contribution in [3.05, 3.63) is 22.7 Å². The fourth-order valence-electron chi connectivity index (χ4n) is 8.81. The molecule has 1 unspecified atom stereocenters. The van der Waals surface area contributed by atoms with Crippen LogP contribution in [0, 0.1) is 23.7 Å². The first-order chi connectivity index (χ1) is 18.8. The summed E-state index contributed by atoms with van der Waals surface area (Å²) in [5.41, 5.74) is -1.41. The molecule has 4 bridgehead atoms. The number of anilines is 1. The van der Waals surface area contributed by atoms with Gasteiger partial charge in [0.25, 0.3) is 0 Å². The highest BCUT2D eigenvalue weighted by molar-refractivity contribution is 5.83. The molecule has 4 N–H and O–H groups in total. The fraction of sp³-hybridized carbons (Fsp3) is 0.815. The average Bonchev–Trinajstić information content (AvgIpc) is 3.40. The van der Waals surface area contributed by atoms with Crippen LogP contribution < -0.4 is 11.0 Å². The van der Waals surface area contributed by atoms with Crippen molar-refractivity contribution >= 4 is 11.9 Å². The molecule has 0 radical (unpaired) electrons. The molecule has 5 aliphatic carbocycles. The van der Waals surface area contributed by atoms with Gasteiger partial charge in [-0.25, -0.2) is 19.4 Å². The number of hydrogen-bond donors (Lipinski definition) is 4. The Balaban J connectivity index is 0.976. The second-order valence-electron chi connectivity index (χ2n) is 12.8. The largest absolute Gasteiger partial charge is 0.446 e. The number of aromatic nitrogens is 2. The van der Waals surface area contributed by atoms with Crippen molar-refractivity contribution in [1.29, 1.82) is 0 Å². The molecule has 1 aromatic rings. The topological polar surface area (TPSA) is 162 Å². The van der Waals surface area contributed by atoms with Gasteiger partial charge in [0.1, 0.15) is 41.4 Å². The number of nitrogens with one attached hydrogen (secondary N) is 1. The van der Waals surface area contributed by atoms with Crippen LogP contribution in [0.5, 0.6) is 0 Å². The van der Waals surface area contributed by atoms with Crippen molar-refractivity contribution in [2.45, 2.75) is 106 Å². The first kappa shape index (κ1) is 25.8. The third kappa shape index (κ3) is 4.31. The molecule has 39 heavy (non-hydrogen) atoms. The number of hydrogen-bond acceptors (Lipinski definition) is 10. The summed E-state index contributed by atoms with van der Waals surface area (Å²) in [6.07, 6.45) is 5.57. The highest BCUT2D eigenvalue weighted by atomic mass is 17.2. The van der Waals surface area contributed by atoms with Gasteiger partial charge in [0.05, 0.1) is 6.61 Å². The Morgan fingerprint density at radius 1 is 1.13 bits per heavy atom. The summed E-state index contributed by atoms with van der Waals surface area (Å²) >= 11 is 0. The maximum Gasteiger partial charge on any atom is 0.413 e. The van der Waals surface area contributed by atoms with Crippen LogP contribution in [0.2, 0.25) is 0 Å². The van der Waals surface area contributed by atoms with E-state index >= 15 is 0 Å². The van der Waals surface area contributed by atoms with Crippen LogP contribution in [0.4, 0.5) is 10.6 Å². The lowest BCUT2D eigenvalue weighted by Gasteiger charge is -2.58. The molecule has 0 aromatic carbocycles. The van der Waals surface area contributed by atoms with Crippen molar-refractivity contribution in [1.82, 2.24) is 9.55 Å². The molecule has 12 heteroatoms. The minimum absolute atomic E-state index is 0.00786. The van der Waals surface area contributed by atoms with E-state index in [2.05, 4.69) is 10.3 Å². The van der Waals surface area contributed by atoms with Gasteiger partial charge in [0.2, 0.25) is 0 Å². The van der Waals surface area contributed by atoms with Crippen molar-refractivity contribution in [3.63, 3.8) is 0 Å². The standard InChI is InChI=1S/C27H37N3O9/c31-12-19-21(32)22(33)23(37-19)30-5-3-20(28-24(30)34)29-25(35)36-18-2-1-4-26(11-18)13-27(39-38-26)16-7-14-6-15(9-16)10-17(27)8-14/h3,5,14-19,21-23,31-33H,1-2,4,6-13H2,(H,28,29,34,35)/t14?,15?,16?,17?,18?,19-,21-,22+,23-,26-,27?/m1/s1.